The third kappa shape index (κ3) is 2.72. The number of hydrogen-bond donors (Lipinski definition) is 2. The highest BCUT2D eigenvalue weighted by Gasteiger charge is 2.54. The van der Waals surface area contributed by atoms with Crippen molar-refractivity contribution in [3.63, 3.8) is 0 Å². The van der Waals surface area contributed by atoms with Gasteiger partial charge in [0.2, 0.25) is 0 Å². The fourth-order valence-corrected chi connectivity index (χ4v) is 5.24. The zero-order chi connectivity index (χ0) is 18.4. The van der Waals surface area contributed by atoms with Crippen LogP contribution in [0, 0.1) is 0 Å². The minimum absolute atomic E-state index is 0.00221. The van der Waals surface area contributed by atoms with Crippen molar-refractivity contribution in [1.82, 2.24) is 15.1 Å². The quantitative estimate of drug-likeness (QED) is 0.871. The van der Waals surface area contributed by atoms with E-state index < -0.39 is 5.60 Å². The Balaban J connectivity index is 1.56. The van der Waals surface area contributed by atoms with Crippen LogP contribution < -0.4 is 5.32 Å². The molecule has 1 heterocycles. The van der Waals surface area contributed by atoms with Gasteiger partial charge in [-0.25, -0.2) is 4.79 Å². The normalized spacial score (nSPS) is 33.4. The number of carbonyl (C=O) groups is 1. The average molecular weight is 357 g/mol. The number of β-amino-alcohol motifs (C(OH)–C–C–N with tert-alkyl or cyclic N) is 1. The van der Waals surface area contributed by atoms with Gasteiger partial charge in [-0.05, 0) is 64.6 Å². The van der Waals surface area contributed by atoms with E-state index in [2.05, 4.69) is 54.6 Å². The number of nitrogens with one attached hydrogen (secondary N) is 1. The predicted molar refractivity (Wildman–Crippen MR) is 102 cm³/mol. The molecule has 2 saturated carbocycles. The number of amides is 2. The van der Waals surface area contributed by atoms with Gasteiger partial charge < -0.3 is 15.3 Å². The molecule has 142 valence electrons. The minimum Gasteiger partial charge on any atom is -0.388 e. The van der Waals surface area contributed by atoms with Gasteiger partial charge >= 0.3 is 6.03 Å². The van der Waals surface area contributed by atoms with Gasteiger partial charge in [0.1, 0.15) is 0 Å². The molecule has 3 fully saturated rings. The molecule has 0 bridgehead atoms. The molecule has 2 amide bonds. The van der Waals surface area contributed by atoms with Crippen LogP contribution in [0.3, 0.4) is 0 Å². The largest absolute Gasteiger partial charge is 0.388 e. The molecule has 0 unspecified atom stereocenters. The molecule has 1 saturated heterocycles. The monoisotopic (exact) mass is 357 g/mol. The molecule has 0 aromatic heterocycles. The van der Waals surface area contributed by atoms with E-state index in [0.717, 1.165) is 44.9 Å². The van der Waals surface area contributed by atoms with Gasteiger partial charge in [-0.2, -0.15) is 0 Å². The number of urea groups is 1. The molecule has 5 heteroatoms. The van der Waals surface area contributed by atoms with Gasteiger partial charge in [-0.1, -0.05) is 30.3 Å². The summed E-state index contributed by atoms with van der Waals surface area (Å²) >= 11 is 0. The van der Waals surface area contributed by atoms with E-state index in [1.54, 1.807) is 0 Å². The van der Waals surface area contributed by atoms with Crippen molar-refractivity contribution in [2.75, 3.05) is 27.2 Å². The third-order valence-corrected chi connectivity index (χ3v) is 7.30. The summed E-state index contributed by atoms with van der Waals surface area (Å²) in [7, 11) is 4.33. The molecule has 3 aliphatic rings. The maximum absolute atomic E-state index is 12.5. The Labute approximate surface area is 156 Å². The summed E-state index contributed by atoms with van der Waals surface area (Å²) in [5, 5.41) is 13.7. The third-order valence-electron chi connectivity index (χ3n) is 7.30. The van der Waals surface area contributed by atoms with Crippen molar-refractivity contribution in [2.24, 2.45) is 0 Å². The Morgan fingerprint density at radius 2 is 1.73 bits per heavy atom. The van der Waals surface area contributed by atoms with E-state index in [9.17, 15) is 9.90 Å². The fourth-order valence-electron chi connectivity index (χ4n) is 5.24. The first kappa shape index (κ1) is 17.8. The highest BCUT2D eigenvalue weighted by molar-refractivity contribution is 5.78. The Morgan fingerprint density at radius 3 is 2.27 bits per heavy atom. The fraction of sp³-hybridized carbons (Fsp3) is 0.667. The van der Waals surface area contributed by atoms with Crippen molar-refractivity contribution in [1.29, 1.82) is 0 Å². The summed E-state index contributed by atoms with van der Waals surface area (Å²) in [6, 6.07) is 10.8. The van der Waals surface area contributed by atoms with Crippen LogP contribution in [0.2, 0.25) is 0 Å². The molecule has 0 radical (unpaired) electrons. The maximum atomic E-state index is 12.5. The van der Waals surface area contributed by atoms with E-state index in [4.69, 9.17) is 0 Å². The molecule has 4 rings (SSSR count). The summed E-state index contributed by atoms with van der Waals surface area (Å²) in [6.07, 6.45) is 6.68. The van der Waals surface area contributed by atoms with Crippen LogP contribution in [0.15, 0.2) is 30.3 Å². The number of hydrogen-bond acceptors (Lipinski definition) is 3. The first-order valence-electron chi connectivity index (χ1n) is 9.90. The maximum Gasteiger partial charge on any atom is 0.318 e. The van der Waals surface area contributed by atoms with Crippen molar-refractivity contribution in [3.05, 3.63) is 35.9 Å². The lowest BCUT2D eigenvalue weighted by molar-refractivity contribution is -0.0725. The van der Waals surface area contributed by atoms with Gasteiger partial charge in [0, 0.05) is 12.1 Å². The van der Waals surface area contributed by atoms with Gasteiger partial charge in [0.15, 0.2) is 0 Å². The van der Waals surface area contributed by atoms with Crippen molar-refractivity contribution in [2.45, 2.75) is 61.6 Å². The van der Waals surface area contributed by atoms with E-state index in [-0.39, 0.29) is 17.1 Å². The topological polar surface area (TPSA) is 55.8 Å². The Kier molecular flexibility index (Phi) is 4.27. The Morgan fingerprint density at radius 1 is 1.08 bits per heavy atom. The number of rotatable bonds is 4. The molecule has 1 aromatic carbocycles. The zero-order valence-electron chi connectivity index (χ0n) is 16.0. The average Bonchev–Trinajstić information content (AvgIpc) is 2.91. The highest BCUT2D eigenvalue weighted by atomic mass is 16.3. The van der Waals surface area contributed by atoms with Crippen LogP contribution >= 0.6 is 0 Å². The van der Waals surface area contributed by atoms with Gasteiger partial charge in [-0.15, -0.1) is 0 Å². The summed E-state index contributed by atoms with van der Waals surface area (Å²) in [5.74, 6) is 0. The molecule has 2 aliphatic carbocycles. The van der Waals surface area contributed by atoms with Crippen molar-refractivity contribution in [3.8, 4) is 0 Å². The Bertz CT molecular complexity index is 661. The first-order chi connectivity index (χ1) is 12.4. The Hall–Kier alpha value is -1.59. The van der Waals surface area contributed by atoms with Crippen LogP contribution in [0.25, 0.3) is 0 Å². The second-order valence-electron chi connectivity index (χ2n) is 8.84. The molecule has 26 heavy (non-hydrogen) atoms. The molecule has 1 spiro atoms. The number of benzene rings is 1. The summed E-state index contributed by atoms with van der Waals surface area (Å²) < 4.78 is 0. The molecule has 0 atom stereocenters. The summed E-state index contributed by atoms with van der Waals surface area (Å²) in [6.45, 7) is 1.19. The standard InChI is InChI=1S/C21H31N3O2/c1-23(2)21(17-7-4-3-5-8-17)13-11-19(12-14-21)15-22-18(25)24(19)16-20(26)9-6-10-20/h3-5,7-8,26H,6,9-16H2,1-2H3,(H,22,25)/t19-,21+. The molecular formula is C21H31N3O2. The lowest BCUT2D eigenvalue weighted by atomic mass is 9.68. The first-order valence-corrected chi connectivity index (χ1v) is 9.90. The second-order valence-corrected chi connectivity index (χ2v) is 8.84. The minimum atomic E-state index is -0.663. The van der Waals surface area contributed by atoms with Crippen molar-refractivity contribution >= 4 is 6.03 Å². The van der Waals surface area contributed by atoms with Crippen molar-refractivity contribution < 1.29 is 9.90 Å². The lowest BCUT2D eigenvalue weighted by Crippen LogP contribution is -2.59. The van der Waals surface area contributed by atoms with Gasteiger partial charge in [0.25, 0.3) is 0 Å². The molecule has 5 nitrogen and oxygen atoms in total. The van der Waals surface area contributed by atoms with Crippen LogP contribution in [0.5, 0.6) is 0 Å². The van der Waals surface area contributed by atoms with E-state index >= 15 is 0 Å². The highest BCUT2D eigenvalue weighted by Crippen LogP contribution is 2.48. The second kappa shape index (κ2) is 6.24. The molecule has 1 aromatic rings. The summed E-state index contributed by atoms with van der Waals surface area (Å²) in [5.41, 5.74) is 0.583. The van der Waals surface area contributed by atoms with Gasteiger partial charge in [0.05, 0.1) is 17.7 Å². The number of carbonyl (C=O) groups excluding carboxylic acids is 1. The predicted octanol–water partition coefficient (Wildman–Crippen LogP) is 2.70. The number of nitrogens with zero attached hydrogens (tertiary/aromatic N) is 2. The molecular weight excluding hydrogens is 326 g/mol. The van der Waals surface area contributed by atoms with E-state index in [0.29, 0.717) is 13.1 Å². The molecule has 2 N–H and O–H groups in total. The van der Waals surface area contributed by atoms with Crippen LogP contribution in [0.4, 0.5) is 4.79 Å². The zero-order valence-corrected chi connectivity index (χ0v) is 16.0. The SMILES string of the molecule is CN(C)[C@]1(c2ccccc2)CC[C@]2(CC1)CNC(=O)N2CC1(O)CCC1. The van der Waals surface area contributed by atoms with Gasteiger partial charge in [-0.3, -0.25) is 4.90 Å². The van der Waals surface area contributed by atoms with Crippen LogP contribution in [-0.2, 0) is 5.54 Å². The van der Waals surface area contributed by atoms with Crippen LogP contribution in [0.1, 0.15) is 50.5 Å². The lowest BCUT2D eigenvalue weighted by Gasteiger charge is -2.52. The smallest absolute Gasteiger partial charge is 0.318 e. The molecule has 1 aliphatic heterocycles. The van der Waals surface area contributed by atoms with E-state index in [1.807, 2.05) is 4.90 Å². The van der Waals surface area contributed by atoms with Crippen LogP contribution in [-0.4, -0.2) is 59.3 Å². The summed E-state index contributed by atoms with van der Waals surface area (Å²) in [4.78, 5) is 16.8. The number of aliphatic hydroxyl groups is 1. The van der Waals surface area contributed by atoms with E-state index in [1.165, 1.54) is 5.56 Å².